The first kappa shape index (κ1) is 14.3. The van der Waals surface area contributed by atoms with Crippen molar-refractivity contribution in [1.82, 2.24) is 0 Å². The van der Waals surface area contributed by atoms with Gasteiger partial charge in [-0.05, 0) is 37.8 Å². The van der Waals surface area contributed by atoms with Gasteiger partial charge in [-0.15, -0.1) is 0 Å². The van der Waals surface area contributed by atoms with E-state index in [9.17, 15) is 15.0 Å². The Bertz CT molecular complexity index is 410. The molecular weight excluding hydrogens is 244 g/mol. The van der Waals surface area contributed by atoms with Crippen molar-refractivity contribution in [2.75, 3.05) is 6.61 Å². The molecule has 1 fully saturated rings. The van der Waals surface area contributed by atoms with Crippen LogP contribution in [0.25, 0.3) is 0 Å². The van der Waals surface area contributed by atoms with Gasteiger partial charge in [0.15, 0.2) is 0 Å². The second-order valence-corrected chi connectivity index (χ2v) is 5.61. The van der Waals surface area contributed by atoms with Crippen LogP contribution in [0.3, 0.4) is 0 Å². The van der Waals surface area contributed by atoms with E-state index in [1.807, 2.05) is 13.0 Å². The number of carbonyl (C=O) groups excluding carboxylic acids is 1. The van der Waals surface area contributed by atoms with Crippen molar-refractivity contribution < 1.29 is 19.7 Å². The van der Waals surface area contributed by atoms with E-state index in [1.54, 1.807) is 6.92 Å². The van der Waals surface area contributed by atoms with Crippen molar-refractivity contribution in [3.05, 3.63) is 23.3 Å². The molecule has 0 amide bonds. The molecule has 4 atom stereocenters. The topological polar surface area (TPSA) is 66.8 Å². The Morgan fingerprint density at radius 1 is 1.47 bits per heavy atom. The highest BCUT2D eigenvalue weighted by molar-refractivity contribution is 5.75. The molecule has 106 valence electrons. The lowest BCUT2D eigenvalue weighted by Crippen LogP contribution is -2.32. The molecule has 0 saturated carbocycles. The van der Waals surface area contributed by atoms with Crippen LogP contribution >= 0.6 is 0 Å². The number of allylic oxidation sites excluding steroid dienone is 1. The zero-order valence-corrected chi connectivity index (χ0v) is 11.5. The minimum Gasteiger partial charge on any atom is -0.457 e. The Balaban J connectivity index is 2.31. The van der Waals surface area contributed by atoms with Crippen LogP contribution in [0.4, 0.5) is 0 Å². The number of esters is 1. The summed E-state index contributed by atoms with van der Waals surface area (Å²) < 4.78 is 5.34. The summed E-state index contributed by atoms with van der Waals surface area (Å²) in [4.78, 5) is 11.7. The molecule has 2 aliphatic rings. The Kier molecular flexibility index (Phi) is 4.42. The number of carbonyl (C=O) groups is 1. The molecule has 1 heterocycles. The zero-order chi connectivity index (χ0) is 14.0. The normalized spacial score (nSPS) is 41.6. The monoisotopic (exact) mass is 266 g/mol. The highest BCUT2D eigenvalue weighted by Crippen LogP contribution is 2.35. The number of rotatable bonds is 1. The summed E-state index contributed by atoms with van der Waals surface area (Å²) in [5.74, 6) is -0.789. The van der Waals surface area contributed by atoms with Gasteiger partial charge in [-0.25, -0.2) is 0 Å². The Hall–Kier alpha value is -1.13. The first-order valence-electron chi connectivity index (χ1n) is 6.87. The van der Waals surface area contributed by atoms with Gasteiger partial charge in [0.05, 0.1) is 18.6 Å². The molecule has 1 aliphatic carbocycles. The summed E-state index contributed by atoms with van der Waals surface area (Å²) in [6, 6.07) is 0. The predicted octanol–water partition coefficient (Wildman–Crippen LogP) is 1.57. The molecule has 0 aromatic heterocycles. The third-order valence-corrected chi connectivity index (χ3v) is 4.12. The van der Waals surface area contributed by atoms with Crippen LogP contribution in [0, 0.1) is 11.8 Å². The molecule has 0 radical (unpaired) electrons. The van der Waals surface area contributed by atoms with E-state index in [-0.39, 0.29) is 24.4 Å². The van der Waals surface area contributed by atoms with Crippen molar-refractivity contribution in [1.29, 1.82) is 0 Å². The smallest absolute Gasteiger partial charge is 0.309 e. The van der Waals surface area contributed by atoms with Crippen molar-refractivity contribution in [3.8, 4) is 0 Å². The van der Waals surface area contributed by atoms with E-state index in [4.69, 9.17) is 4.74 Å². The maximum Gasteiger partial charge on any atom is 0.309 e. The van der Waals surface area contributed by atoms with Crippen molar-refractivity contribution in [2.24, 2.45) is 11.8 Å². The van der Waals surface area contributed by atoms with E-state index >= 15 is 0 Å². The van der Waals surface area contributed by atoms with Crippen molar-refractivity contribution in [3.63, 3.8) is 0 Å². The van der Waals surface area contributed by atoms with Gasteiger partial charge < -0.3 is 14.9 Å². The third kappa shape index (κ3) is 3.07. The molecule has 0 spiro atoms. The number of fused-ring (bicyclic) bond motifs is 1. The van der Waals surface area contributed by atoms with Crippen LogP contribution in [0.2, 0.25) is 0 Å². The maximum absolute atomic E-state index is 11.7. The van der Waals surface area contributed by atoms with Crippen LogP contribution in [0.5, 0.6) is 0 Å². The molecule has 4 nitrogen and oxygen atoms in total. The Morgan fingerprint density at radius 2 is 2.21 bits per heavy atom. The van der Waals surface area contributed by atoms with Gasteiger partial charge in [0.1, 0.15) is 6.10 Å². The predicted molar refractivity (Wildman–Crippen MR) is 71.3 cm³/mol. The molecule has 2 rings (SSSR count). The van der Waals surface area contributed by atoms with Gasteiger partial charge in [-0.2, -0.15) is 0 Å². The quantitative estimate of drug-likeness (QED) is 0.558. The lowest BCUT2D eigenvalue weighted by atomic mass is 9.82. The number of aliphatic hydroxyl groups excluding tert-OH is 2. The second-order valence-electron chi connectivity index (χ2n) is 5.61. The molecule has 19 heavy (non-hydrogen) atoms. The minimum absolute atomic E-state index is 0.0296. The van der Waals surface area contributed by atoms with Gasteiger partial charge in [0.2, 0.25) is 0 Å². The molecule has 2 N–H and O–H groups in total. The summed E-state index contributed by atoms with van der Waals surface area (Å²) in [5, 5.41) is 19.7. The molecule has 1 aliphatic heterocycles. The molecular formula is C15H22O4. The lowest BCUT2D eigenvalue weighted by Gasteiger charge is -2.25. The number of hydrogen-bond acceptors (Lipinski definition) is 4. The van der Waals surface area contributed by atoms with Gasteiger partial charge in [-0.3, -0.25) is 4.79 Å². The summed E-state index contributed by atoms with van der Waals surface area (Å²) in [5.41, 5.74) is 1.99. The Morgan fingerprint density at radius 3 is 2.89 bits per heavy atom. The molecule has 0 unspecified atom stereocenters. The minimum atomic E-state index is -0.586. The van der Waals surface area contributed by atoms with Gasteiger partial charge >= 0.3 is 5.97 Å². The van der Waals surface area contributed by atoms with Crippen LogP contribution in [-0.2, 0) is 9.53 Å². The standard InChI is InChI=1S/C15H22O4/c1-9-4-3-5-11(8-16)7-13-14(12(17)6-9)10(2)15(18)19-13/h4,7,10,12-14,16-17H,3,5-6,8H2,1-2H3/b9-4+,11-7-/t10-,12-,13+,14+/m0/s1. The van der Waals surface area contributed by atoms with Crippen molar-refractivity contribution in [2.45, 2.75) is 45.3 Å². The number of hydrogen-bond donors (Lipinski definition) is 2. The average molecular weight is 266 g/mol. The van der Waals surface area contributed by atoms with Gasteiger partial charge in [-0.1, -0.05) is 18.6 Å². The van der Waals surface area contributed by atoms with E-state index in [2.05, 4.69) is 6.08 Å². The number of ether oxygens (including phenoxy) is 1. The highest BCUT2D eigenvalue weighted by atomic mass is 16.6. The van der Waals surface area contributed by atoms with Gasteiger partial charge in [0, 0.05) is 5.92 Å². The van der Waals surface area contributed by atoms with Crippen LogP contribution in [0.15, 0.2) is 23.3 Å². The Labute approximate surface area is 113 Å². The van der Waals surface area contributed by atoms with E-state index < -0.39 is 12.2 Å². The largest absolute Gasteiger partial charge is 0.457 e. The van der Waals surface area contributed by atoms with Gasteiger partial charge in [0.25, 0.3) is 0 Å². The first-order valence-corrected chi connectivity index (χ1v) is 6.87. The molecule has 0 bridgehead atoms. The fourth-order valence-corrected chi connectivity index (χ4v) is 2.96. The molecule has 1 saturated heterocycles. The highest BCUT2D eigenvalue weighted by Gasteiger charge is 2.44. The molecule has 0 aromatic rings. The summed E-state index contributed by atoms with van der Waals surface area (Å²) >= 11 is 0. The zero-order valence-electron chi connectivity index (χ0n) is 11.5. The van der Waals surface area contributed by atoms with E-state index in [0.29, 0.717) is 6.42 Å². The number of aliphatic hydroxyl groups is 2. The van der Waals surface area contributed by atoms with E-state index in [1.165, 1.54) is 0 Å². The summed E-state index contributed by atoms with van der Waals surface area (Å²) in [6.07, 6.45) is 5.09. The van der Waals surface area contributed by atoms with E-state index in [0.717, 1.165) is 24.0 Å². The SMILES string of the molecule is C/C1=C\CC/C(CO)=C/[C@H]2OC(=O)[C@@H](C)[C@@H]2[C@@H](O)C1. The second kappa shape index (κ2) is 5.88. The fourth-order valence-electron chi connectivity index (χ4n) is 2.96. The summed E-state index contributed by atoms with van der Waals surface area (Å²) in [7, 11) is 0. The van der Waals surface area contributed by atoms with Crippen molar-refractivity contribution >= 4 is 5.97 Å². The maximum atomic E-state index is 11.7. The molecule has 4 heteroatoms. The fraction of sp³-hybridized carbons (Fsp3) is 0.667. The van der Waals surface area contributed by atoms with Crippen LogP contribution in [-0.4, -0.2) is 35.0 Å². The summed E-state index contributed by atoms with van der Waals surface area (Å²) in [6.45, 7) is 3.76. The third-order valence-electron chi connectivity index (χ3n) is 4.12. The lowest BCUT2D eigenvalue weighted by molar-refractivity contribution is -0.142. The molecule has 0 aromatic carbocycles. The first-order chi connectivity index (χ1) is 9.02. The van der Waals surface area contributed by atoms with Crippen LogP contribution in [0.1, 0.15) is 33.1 Å². The van der Waals surface area contributed by atoms with Crippen LogP contribution < -0.4 is 0 Å². The average Bonchev–Trinajstić information content (AvgIpc) is 2.63.